The highest BCUT2D eigenvalue weighted by molar-refractivity contribution is 8.00. The summed E-state index contributed by atoms with van der Waals surface area (Å²) in [7, 11) is 0. The van der Waals surface area contributed by atoms with Crippen LogP contribution in [0.4, 0.5) is 0 Å². The van der Waals surface area contributed by atoms with E-state index >= 15 is 0 Å². The fraction of sp³-hybridized carbons (Fsp3) is 1.00. The minimum absolute atomic E-state index is 0.607. The Balaban J connectivity index is 1.99. The molecule has 1 N–H and O–H groups in total. The van der Waals surface area contributed by atoms with E-state index in [9.17, 15) is 0 Å². The van der Waals surface area contributed by atoms with E-state index in [1.165, 1.54) is 57.6 Å². The van der Waals surface area contributed by atoms with Crippen LogP contribution in [-0.2, 0) is 0 Å². The van der Waals surface area contributed by atoms with Crippen LogP contribution in [0.5, 0.6) is 0 Å². The maximum atomic E-state index is 3.53. The van der Waals surface area contributed by atoms with Gasteiger partial charge in [-0.05, 0) is 44.7 Å². The van der Waals surface area contributed by atoms with Crippen LogP contribution in [0, 0.1) is 5.41 Å². The number of nitrogens with one attached hydrogen (secondary N) is 1. The molecule has 2 nitrogen and oxygen atoms in total. The molecule has 0 aromatic carbocycles. The summed E-state index contributed by atoms with van der Waals surface area (Å²) >= 11 is 2.15. The zero-order valence-corrected chi connectivity index (χ0v) is 13.2. The zero-order valence-electron chi connectivity index (χ0n) is 12.4. The molecule has 0 aliphatic carbocycles. The number of piperidine rings is 1. The summed E-state index contributed by atoms with van der Waals surface area (Å²) in [6, 6.07) is 0.757. The molecule has 0 radical (unpaired) electrons. The van der Waals surface area contributed by atoms with Crippen molar-refractivity contribution < 1.29 is 0 Å². The molecule has 0 amide bonds. The van der Waals surface area contributed by atoms with E-state index in [1.54, 1.807) is 0 Å². The molecular weight excluding hydrogens is 240 g/mol. The third-order valence-electron chi connectivity index (χ3n) is 5.00. The summed E-state index contributed by atoms with van der Waals surface area (Å²) in [4.78, 5) is 2.78. The molecule has 2 aliphatic heterocycles. The summed E-state index contributed by atoms with van der Waals surface area (Å²) < 4.78 is 0. The van der Waals surface area contributed by atoms with E-state index in [4.69, 9.17) is 0 Å². The van der Waals surface area contributed by atoms with Gasteiger partial charge < -0.3 is 5.32 Å². The van der Waals surface area contributed by atoms with Crippen molar-refractivity contribution in [3.05, 3.63) is 0 Å². The lowest BCUT2D eigenvalue weighted by Crippen LogP contribution is -2.51. The van der Waals surface area contributed by atoms with Crippen LogP contribution >= 0.6 is 11.8 Å². The highest BCUT2D eigenvalue weighted by atomic mass is 32.2. The van der Waals surface area contributed by atoms with E-state index in [1.807, 2.05) is 0 Å². The molecule has 3 heteroatoms. The number of hydrogen-bond donors (Lipinski definition) is 1. The Bertz CT molecular complexity index is 245. The number of nitrogens with zero attached hydrogens (tertiary/aromatic N) is 1. The molecule has 0 bridgehead atoms. The minimum Gasteiger partial charge on any atom is -0.317 e. The van der Waals surface area contributed by atoms with Crippen molar-refractivity contribution in [2.75, 3.05) is 31.9 Å². The molecule has 0 saturated carbocycles. The molecule has 2 heterocycles. The fourth-order valence-electron chi connectivity index (χ4n) is 3.62. The van der Waals surface area contributed by atoms with Gasteiger partial charge in [-0.1, -0.05) is 20.3 Å². The van der Waals surface area contributed by atoms with E-state index in [0.29, 0.717) is 5.41 Å². The van der Waals surface area contributed by atoms with Crippen molar-refractivity contribution in [3.63, 3.8) is 0 Å². The molecule has 2 atom stereocenters. The van der Waals surface area contributed by atoms with Crippen LogP contribution in [0.1, 0.15) is 46.5 Å². The zero-order chi connectivity index (χ0) is 13.0. The van der Waals surface area contributed by atoms with Crippen LogP contribution in [0.3, 0.4) is 0 Å². The van der Waals surface area contributed by atoms with Gasteiger partial charge >= 0.3 is 0 Å². The van der Waals surface area contributed by atoms with E-state index < -0.39 is 0 Å². The van der Waals surface area contributed by atoms with Gasteiger partial charge in [-0.3, -0.25) is 4.90 Å². The molecular formula is C15H30N2S. The predicted octanol–water partition coefficient (Wildman–Crippen LogP) is 2.98. The second kappa shape index (κ2) is 6.62. The molecule has 2 rings (SSSR count). The van der Waals surface area contributed by atoms with Crippen molar-refractivity contribution in [2.24, 2.45) is 5.41 Å². The van der Waals surface area contributed by atoms with Gasteiger partial charge in [0.2, 0.25) is 0 Å². The average molecular weight is 270 g/mol. The Morgan fingerprint density at radius 1 is 1.28 bits per heavy atom. The number of rotatable bonds is 4. The fourth-order valence-corrected chi connectivity index (χ4v) is 4.79. The molecule has 106 valence electrons. The van der Waals surface area contributed by atoms with Gasteiger partial charge in [0.1, 0.15) is 0 Å². The van der Waals surface area contributed by atoms with Gasteiger partial charge in [-0.15, -0.1) is 0 Å². The Kier molecular flexibility index (Phi) is 5.40. The van der Waals surface area contributed by atoms with E-state index in [2.05, 4.69) is 42.7 Å². The molecule has 0 spiro atoms. The maximum absolute atomic E-state index is 3.53. The standard InChI is InChI=1S/C15H30N2S/c1-4-5-15(6-8-16-9-7-15)12-17-10-11-18-14(3)13(17)2/h13-14,16H,4-12H2,1-3H3. The number of thioether (sulfide) groups is 1. The molecule has 2 unspecified atom stereocenters. The highest BCUT2D eigenvalue weighted by Gasteiger charge is 2.36. The minimum atomic E-state index is 0.607. The molecule has 0 aromatic heterocycles. The van der Waals surface area contributed by atoms with Gasteiger partial charge in [0.05, 0.1) is 0 Å². The third-order valence-corrected chi connectivity index (χ3v) is 6.34. The quantitative estimate of drug-likeness (QED) is 0.845. The maximum Gasteiger partial charge on any atom is 0.0184 e. The lowest BCUT2D eigenvalue weighted by atomic mass is 9.74. The van der Waals surface area contributed by atoms with Crippen molar-refractivity contribution in [3.8, 4) is 0 Å². The monoisotopic (exact) mass is 270 g/mol. The summed E-state index contributed by atoms with van der Waals surface area (Å²) in [5.74, 6) is 1.33. The Morgan fingerprint density at radius 3 is 2.67 bits per heavy atom. The summed E-state index contributed by atoms with van der Waals surface area (Å²) in [5.41, 5.74) is 0.607. The van der Waals surface area contributed by atoms with Gasteiger partial charge in [0, 0.05) is 30.1 Å². The Labute approximate surface area is 117 Å². The first-order valence-electron chi connectivity index (χ1n) is 7.73. The van der Waals surface area contributed by atoms with Crippen molar-refractivity contribution in [2.45, 2.75) is 57.7 Å². The Hall–Kier alpha value is 0.270. The Morgan fingerprint density at radius 2 is 2.00 bits per heavy atom. The topological polar surface area (TPSA) is 15.3 Å². The lowest BCUT2D eigenvalue weighted by molar-refractivity contribution is 0.0792. The summed E-state index contributed by atoms with van der Waals surface area (Å²) in [6.07, 6.45) is 5.52. The van der Waals surface area contributed by atoms with Crippen molar-refractivity contribution in [1.29, 1.82) is 0 Å². The molecule has 2 fully saturated rings. The van der Waals surface area contributed by atoms with Crippen molar-refractivity contribution in [1.82, 2.24) is 10.2 Å². The van der Waals surface area contributed by atoms with Crippen LogP contribution in [0.25, 0.3) is 0 Å². The van der Waals surface area contributed by atoms with Crippen LogP contribution in [-0.4, -0.2) is 48.1 Å². The lowest BCUT2D eigenvalue weighted by Gasteiger charge is -2.46. The first-order chi connectivity index (χ1) is 8.67. The molecule has 2 aliphatic rings. The normalized spacial score (nSPS) is 33.5. The van der Waals surface area contributed by atoms with Gasteiger partial charge in [-0.2, -0.15) is 11.8 Å². The van der Waals surface area contributed by atoms with Crippen LogP contribution < -0.4 is 5.32 Å². The van der Waals surface area contributed by atoms with Gasteiger partial charge in [0.15, 0.2) is 0 Å². The third kappa shape index (κ3) is 3.43. The second-order valence-corrected chi connectivity index (χ2v) is 7.77. The first kappa shape index (κ1) is 14.7. The summed E-state index contributed by atoms with van der Waals surface area (Å²) in [6.45, 7) is 12.3. The van der Waals surface area contributed by atoms with Crippen molar-refractivity contribution >= 4 is 11.8 Å². The SMILES string of the molecule is CCCC1(CN2CCSC(C)C2C)CCNCC1. The summed E-state index contributed by atoms with van der Waals surface area (Å²) in [5, 5.41) is 4.34. The first-order valence-corrected chi connectivity index (χ1v) is 8.78. The highest BCUT2D eigenvalue weighted by Crippen LogP contribution is 2.37. The second-order valence-electron chi connectivity index (χ2n) is 6.29. The smallest absolute Gasteiger partial charge is 0.0184 e. The van der Waals surface area contributed by atoms with E-state index in [0.717, 1.165) is 11.3 Å². The van der Waals surface area contributed by atoms with Crippen LogP contribution in [0.2, 0.25) is 0 Å². The molecule has 18 heavy (non-hydrogen) atoms. The van der Waals surface area contributed by atoms with Gasteiger partial charge in [-0.25, -0.2) is 0 Å². The molecule has 2 saturated heterocycles. The predicted molar refractivity (Wildman–Crippen MR) is 82.4 cm³/mol. The van der Waals surface area contributed by atoms with Crippen LogP contribution in [0.15, 0.2) is 0 Å². The van der Waals surface area contributed by atoms with Gasteiger partial charge in [0.25, 0.3) is 0 Å². The largest absolute Gasteiger partial charge is 0.317 e. The molecule has 0 aromatic rings. The average Bonchev–Trinajstić information content (AvgIpc) is 2.36. The van der Waals surface area contributed by atoms with E-state index in [-0.39, 0.29) is 0 Å². The number of hydrogen-bond acceptors (Lipinski definition) is 3.